The van der Waals surface area contributed by atoms with Crippen molar-refractivity contribution in [3.63, 3.8) is 0 Å². The highest BCUT2D eigenvalue weighted by molar-refractivity contribution is 8.18. The summed E-state index contributed by atoms with van der Waals surface area (Å²) in [5.41, 5.74) is 3.68. The van der Waals surface area contributed by atoms with Crippen LogP contribution in [-0.4, -0.2) is 63.5 Å². The zero-order valence-electron chi connectivity index (χ0n) is 18.8. The second kappa shape index (κ2) is 9.67. The number of likely N-dealkylation sites (N-methyl/N-ethyl adjacent to an activating group) is 1. The average molecular weight is 454 g/mol. The van der Waals surface area contributed by atoms with Crippen LogP contribution in [0.3, 0.4) is 0 Å². The van der Waals surface area contributed by atoms with E-state index in [0.717, 1.165) is 54.6 Å². The summed E-state index contributed by atoms with van der Waals surface area (Å²) < 4.78 is 16.4. The Kier molecular flexibility index (Phi) is 6.72. The van der Waals surface area contributed by atoms with E-state index in [1.165, 1.54) is 11.8 Å². The Bertz CT molecular complexity index is 1060. The fraction of sp³-hybridized carbons (Fsp3) is 0.333. The van der Waals surface area contributed by atoms with Gasteiger partial charge in [-0.05, 0) is 61.2 Å². The molecule has 7 nitrogen and oxygen atoms in total. The van der Waals surface area contributed by atoms with Crippen molar-refractivity contribution in [1.29, 1.82) is 0 Å². The maximum absolute atomic E-state index is 12.9. The lowest BCUT2D eigenvalue weighted by molar-refractivity contribution is -0.121. The number of thioether (sulfide) groups is 1. The van der Waals surface area contributed by atoms with E-state index in [9.17, 15) is 4.79 Å². The lowest BCUT2D eigenvalue weighted by Gasteiger charge is -2.28. The number of hydrogen-bond donors (Lipinski definition) is 0. The highest BCUT2D eigenvalue weighted by atomic mass is 32.2. The first-order valence-electron chi connectivity index (χ1n) is 10.4. The molecule has 2 aromatic carbocycles. The molecule has 168 valence electrons. The molecule has 0 N–H and O–H groups in total. The van der Waals surface area contributed by atoms with E-state index in [2.05, 4.69) is 17.0 Å². The Morgan fingerprint density at radius 3 is 2.44 bits per heavy atom. The number of morpholine rings is 1. The molecule has 0 aliphatic carbocycles. The molecule has 1 amide bonds. The number of aliphatic imine (C=N–C) groups is 1. The summed E-state index contributed by atoms with van der Waals surface area (Å²) in [6.07, 6.45) is 1.85. The molecule has 2 fully saturated rings. The van der Waals surface area contributed by atoms with Gasteiger partial charge >= 0.3 is 0 Å². The molecule has 0 atom stereocenters. The highest BCUT2D eigenvalue weighted by Crippen LogP contribution is 2.37. The van der Waals surface area contributed by atoms with Crippen LogP contribution in [0, 0.1) is 6.92 Å². The third-order valence-electron chi connectivity index (χ3n) is 5.55. The molecule has 0 aromatic heterocycles. The van der Waals surface area contributed by atoms with Gasteiger partial charge in [-0.15, -0.1) is 0 Å². The number of anilines is 1. The van der Waals surface area contributed by atoms with E-state index in [0.29, 0.717) is 15.8 Å². The minimum Gasteiger partial charge on any atom is -0.496 e. The molecule has 0 bridgehead atoms. The number of hydrogen-bond acceptors (Lipinski definition) is 7. The molecular weight excluding hydrogens is 426 g/mol. The number of methoxy groups -OCH3 is 2. The second-order valence-electron chi connectivity index (χ2n) is 7.50. The number of rotatable bonds is 5. The van der Waals surface area contributed by atoms with Gasteiger partial charge in [0, 0.05) is 37.0 Å². The maximum Gasteiger partial charge on any atom is 0.266 e. The first-order chi connectivity index (χ1) is 15.5. The van der Waals surface area contributed by atoms with Gasteiger partial charge in [0.15, 0.2) is 5.17 Å². The first kappa shape index (κ1) is 22.2. The predicted molar refractivity (Wildman–Crippen MR) is 129 cm³/mol. The van der Waals surface area contributed by atoms with E-state index >= 15 is 0 Å². The summed E-state index contributed by atoms with van der Waals surface area (Å²) in [4.78, 5) is 22.0. The van der Waals surface area contributed by atoms with Gasteiger partial charge in [-0.25, -0.2) is 4.99 Å². The molecule has 2 aliphatic rings. The van der Waals surface area contributed by atoms with Gasteiger partial charge in [0.05, 0.1) is 38.0 Å². The number of carbonyl (C=O) groups excluding carboxylic acids is 1. The van der Waals surface area contributed by atoms with Crippen molar-refractivity contribution in [1.82, 2.24) is 4.90 Å². The minimum absolute atomic E-state index is 0.0887. The Hall–Kier alpha value is -2.97. The van der Waals surface area contributed by atoms with Crippen LogP contribution in [0.5, 0.6) is 11.5 Å². The van der Waals surface area contributed by atoms with E-state index in [1.807, 2.05) is 37.3 Å². The number of nitrogens with zero attached hydrogens (tertiary/aromatic N) is 3. The number of ether oxygens (including phenoxy) is 3. The summed E-state index contributed by atoms with van der Waals surface area (Å²) in [5, 5.41) is 0.643. The van der Waals surface area contributed by atoms with Gasteiger partial charge < -0.3 is 19.1 Å². The van der Waals surface area contributed by atoms with Crippen molar-refractivity contribution in [3.05, 3.63) is 52.4 Å². The highest BCUT2D eigenvalue weighted by Gasteiger charge is 2.31. The Morgan fingerprint density at radius 2 is 1.78 bits per heavy atom. The van der Waals surface area contributed by atoms with Crippen LogP contribution in [0.1, 0.15) is 11.1 Å². The molecule has 2 aliphatic heterocycles. The lowest BCUT2D eigenvalue weighted by Crippen LogP contribution is -2.36. The van der Waals surface area contributed by atoms with Gasteiger partial charge in [-0.1, -0.05) is 0 Å². The normalized spacial score (nSPS) is 19.2. The molecule has 2 aromatic rings. The molecular formula is C24H27N3O4S. The first-order valence-corrected chi connectivity index (χ1v) is 11.2. The van der Waals surface area contributed by atoms with Crippen LogP contribution in [0.4, 0.5) is 11.4 Å². The lowest BCUT2D eigenvalue weighted by atomic mass is 10.1. The van der Waals surface area contributed by atoms with Crippen molar-refractivity contribution in [2.24, 2.45) is 4.99 Å². The van der Waals surface area contributed by atoms with Crippen molar-refractivity contribution in [3.8, 4) is 11.5 Å². The molecule has 0 radical (unpaired) electrons. The average Bonchev–Trinajstić information content (AvgIpc) is 3.08. The minimum atomic E-state index is -0.0887. The number of benzene rings is 2. The smallest absolute Gasteiger partial charge is 0.266 e. The van der Waals surface area contributed by atoms with Crippen molar-refractivity contribution in [2.75, 3.05) is 52.5 Å². The van der Waals surface area contributed by atoms with E-state index < -0.39 is 0 Å². The van der Waals surface area contributed by atoms with E-state index in [-0.39, 0.29) is 5.91 Å². The molecule has 8 heteroatoms. The Balaban J connectivity index is 1.56. The topological polar surface area (TPSA) is 63.6 Å². The fourth-order valence-electron chi connectivity index (χ4n) is 3.76. The van der Waals surface area contributed by atoms with Crippen molar-refractivity contribution >= 4 is 40.3 Å². The molecule has 32 heavy (non-hydrogen) atoms. The molecule has 4 rings (SSSR count). The SMILES string of the molecule is COc1ccc(/C=C2\SC(=Nc3ccc(N4CCOCC4)cc3)N(C)C2=O)c(OC)c1C. The number of amides is 1. The third kappa shape index (κ3) is 4.47. The molecule has 0 unspecified atom stereocenters. The zero-order valence-corrected chi connectivity index (χ0v) is 19.6. The zero-order chi connectivity index (χ0) is 22.7. The number of carbonyl (C=O) groups is 1. The largest absolute Gasteiger partial charge is 0.496 e. The third-order valence-corrected chi connectivity index (χ3v) is 6.61. The standard InChI is InChI=1S/C24H27N3O4S/c1-16-20(29-3)10-5-17(22(16)30-4)15-21-23(28)26(2)24(32-21)25-18-6-8-19(9-7-18)27-11-13-31-14-12-27/h5-10,15H,11-14H2,1-4H3/b21-15-,25-24?. The molecule has 0 saturated carbocycles. The van der Waals surface area contributed by atoms with E-state index in [4.69, 9.17) is 19.2 Å². The van der Waals surface area contributed by atoms with Gasteiger partial charge in [0.25, 0.3) is 5.91 Å². The van der Waals surface area contributed by atoms with Gasteiger partial charge in [0.2, 0.25) is 0 Å². The molecule has 2 saturated heterocycles. The molecule has 2 heterocycles. The summed E-state index contributed by atoms with van der Waals surface area (Å²) in [6, 6.07) is 11.9. The van der Waals surface area contributed by atoms with Crippen LogP contribution in [0.25, 0.3) is 6.08 Å². The Labute approximate surface area is 192 Å². The second-order valence-corrected chi connectivity index (χ2v) is 8.51. The summed E-state index contributed by atoms with van der Waals surface area (Å²) in [6.45, 7) is 5.22. The fourth-order valence-corrected chi connectivity index (χ4v) is 4.74. The van der Waals surface area contributed by atoms with Crippen molar-refractivity contribution in [2.45, 2.75) is 6.92 Å². The maximum atomic E-state index is 12.9. The predicted octanol–water partition coefficient (Wildman–Crippen LogP) is 4.08. The van der Waals surface area contributed by atoms with Crippen LogP contribution >= 0.6 is 11.8 Å². The van der Waals surface area contributed by atoms with Gasteiger partial charge in [-0.2, -0.15) is 0 Å². The van der Waals surface area contributed by atoms with E-state index in [1.54, 1.807) is 26.2 Å². The van der Waals surface area contributed by atoms with Gasteiger partial charge in [-0.3, -0.25) is 9.69 Å². The van der Waals surface area contributed by atoms with Crippen LogP contribution in [0.15, 0.2) is 46.3 Å². The summed E-state index contributed by atoms with van der Waals surface area (Å²) in [5.74, 6) is 1.35. The monoisotopic (exact) mass is 453 g/mol. The van der Waals surface area contributed by atoms with Crippen LogP contribution in [0.2, 0.25) is 0 Å². The van der Waals surface area contributed by atoms with Crippen LogP contribution < -0.4 is 14.4 Å². The van der Waals surface area contributed by atoms with Crippen LogP contribution in [-0.2, 0) is 9.53 Å². The Morgan fingerprint density at radius 1 is 1.06 bits per heavy atom. The number of amidine groups is 1. The molecule has 0 spiro atoms. The van der Waals surface area contributed by atoms with Crippen molar-refractivity contribution < 1.29 is 19.0 Å². The summed E-state index contributed by atoms with van der Waals surface area (Å²) in [7, 11) is 4.99. The quantitative estimate of drug-likeness (QED) is 0.636. The summed E-state index contributed by atoms with van der Waals surface area (Å²) >= 11 is 1.36. The van der Waals surface area contributed by atoms with Gasteiger partial charge in [0.1, 0.15) is 11.5 Å².